The molecular weight excluding hydrogens is 158 g/mol. The van der Waals surface area contributed by atoms with Crippen LogP contribution in [0.5, 0.6) is 0 Å². The van der Waals surface area contributed by atoms with E-state index in [1.807, 2.05) is 11.4 Å². The summed E-state index contributed by atoms with van der Waals surface area (Å²) in [5.74, 6) is 0.403. The quantitative estimate of drug-likeness (QED) is 0.664. The van der Waals surface area contributed by atoms with E-state index in [1.54, 1.807) is 11.3 Å². The normalized spacial score (nSPS) is 28.9. The summed E-state index contributed by atoms with van der Waals surface area (Å²) in [6.45, 7) is 0.657. The second-order valence-electron chi connectivity index (χ2n) is 2.92. The number of hydrogen-bond acceptors (Lipinski definition) is 3. The molecule has 2 nitrogen and oxygen atoms in total. The number of rotatable bonds is 1. The smallest absolute Gasteiger partial charge is 0.0807 e. The number of aliphatic hydroxyl groups excluding tert-OH is 1. The third-order valence-electron chi connectivity index (χ3n) is 2.25. The summed E-state index contributed by atoms with van der Waals surface area (Å²) in [5.41, 5.74) is 6.67. The minimum Gasteiger partial charge on any atom is -0.388 e. The molecule has 2 unspecified atom stereocenters. The molecule has 1 aliphatic rings. The van der Waals surface area contributed by atoms with Gasteiger partial charge in [0.05, 0.1) is 6.10 Å². The zero-order valence-electron chi connectivity index (χ0n) is 6.16. The number of fused-ring (bicyclic) bond motifs is 1. The van der Waals surface area contributed by atoms with Crippen molar-refractivity contribution >= 4 is 11.3 Å². The van der Waals surface area contributed by atoms with Gasteiger partial charge in [-0.3, -0.25) is 0 Å². The molecule has 0 saturated carbocycles. The van der Waals surface area contributed by atoms with Crippen molar-refractivity contribution in [2.45, 2.75) is 18.4 Å². The van der Waals surface area contributed by atoms with Gasteiger partial charge in [-0.05, 0) is 23.4 Å². The van der Waals surface area contributed by atoms with Crippen LogP contribution in [0.2, 0.25) is 0 Å². The summed E-state index contributed by atoms with van der Waals surface area (Å²) in [7, 11) is 0. The molecule has 1 aliphatic carbocycles. The van der Waals surface area contributed by atoms with Gasteiger partial charge in [0.1, 0.15) is 0 Å². The monoisotopic (exact) mass is 169 g/mol. The van der Waals surface area contributed by atoms with Gasteiger partial charge in [-0.15, -0.1) is 11.3 Å². The first-order valence-electron chi connectivity index (χ1n) is 3.78. The maximum atomic E-state index is 9.52. The van der Waals surface area contributed by atoms with Crippen LogP contribution in [0.4, 0.5) is 0 Å². The zero-order chi connectivity index (χ0) is 7.84. The molecule has 2 rings (SSSR count). The van der Waals surface area contributed by atoms with Crippen LogP contribution in [-0.2, 0) is 0 Å². The Labute approximate surface area is 69.7 Å². The Morgan fingerprint density at radius 2 is 2.55 bits per heavy atom. The Hall–Kier alpha value is -0.380. The minimum absolute atomic E-state index is 0.259. The standard InChI is InChI=1S/C8H11NOS/c9-4-5-3-7(10)6-1-2-11-8(5)6/h1-2,5,7,10H,3-4,9H2. The lowest BCUT2D eigenvalue weighted by atomic mass is 10.1. The second-order valence-corrected chi connectivity index (χ2v) is 3.87. The summed E-state index contributed by atoms with van der Waals surface area (Å²) in [6, 6.07) is 2.00. The van der Waals surface area contributed by atoms with E-state index in [0.717, 1.165) is 12.0 Å². The SMILES string of the molecule is NCC1CC(O)c2ccsc21. The Morgan fingerprint density at radius 3 is 3.27 bits per heavy atom. The van der Waals surface area contributed by atoms with Crippen LogP contribution in [-0.4, -0.2) is 11.7 Å². The molecule has 0 spiro atoms. The van der Waals surface area contributed by atoms with Gasteiger partial charge in [-0.1, -0.05) is 0 Å². The third kappa shape index (κ3) is 1.00. The number of thiophene rings is 1. The van der Waals surface area contributed by atoms with Gasteiger partial charge < -0.3 is 10.8 Å². The highest BCUT2D eigenvalue weighted by Crippen LogP contribution is 2.42. The van der Waals surface area contributed by atoms with Crippen molar-refractivity contribution in [2.75, 3.05) is 6.54 Å². The Morgan fingerprint density at radius 1 is 1.73 bits per heavy atom. The fraction of sp³-hybridized carbons (Fsp3) is 0.500. The van der Waals surface area contributed by atoms with Crippen molar-refractivity contribution in [2.24, 2.45) is 5.73 Å². The van der Waals surface area contributed by atoms with Gasteiger partial charge in [0.2, 0.25) is 0 Å². The van der Waals surface area contributed by atoms with Crippen LogP contribution in [0.1, 0.15) is 28.9 Å². The maximum Gasteiger partial charge on any atom is 0.0807 e. The van der Waals surface area contributed by atoms with E-state index in [4.69, 9.17) is 5.73 Å². The van der Waals surface area contributed by atoms with Crippen molar-refractivity contribution in [1.82, 2.24) is 0 Å². The lowest BCUT2D eigenvalue weighted by molar-refractivity contribution is 0.173. The van der Waals surface area contributed by atoms with Crippen molar-refractivity contribution in [1.29, 1.82) is 0 Å². The van der Waals surface area contributed by atoms with Gasteiger partial charge in [-0.2, -0.15) is 0 Å². The summed E-state index contributed by atoms with van der Waals surface area (Å²) >= 11 is 1.71. The first kappa shape index (κ1) is 7.28. The Balaban J connectivity index is 2.37. The molecule has 60 valence electrons. The van der Waals surface area contributed by atoms with Crippen LogP contribution in [0.15, 0.2) is 11.4 Å². The third-order valence-corrected chi connectivity index (χ3v) is 3.34. The molecule has 0 amide bonds. The Kier molecular flexibility index (Phi) is 1.71. The largest absolute Gasteiger partial charge is 0.388 e. The molecular formula is C8H11NOS. The highest BCUT2D eigenvalue weighted by atomic mass is 32.1. The van der Waals surface area contributed by atoms with E-state index in [2.05, 4.69) is 0 Å². The Bertz CT molecular complexity index is 258. The number of aliphatic hydroxyl groups is 1. The van der Waals surface area contributed by atoms with Gasteiger partial charge in [0.25, 0.3) is 0 Å². The lowest BCUT2D eigenvalue weighted by Crippen LogP contribution is -2.08. The molecule has 11 heavy (non-hydrogen) atoms. The van der Waals surface area contributed by atoms with Crippen molar-refractivity contribution in [3.8, 4) is 0 Å². The maximum absolute atomic E-state index is 9.52. The summed E-state index contributed by atoms with van der Waals surface area (Å²) in [6.07, 6.45) is 0.559. The van der Waals surface area contributed by atoms with Gasteiger partial charge in [0.15, 0.2) is 0 Å². The lowest BCUT2D eigenvalue weighted by Gasteiger charge is -2.04. The van der Waals surface area contributed by atoms with Gasteiger partial charge in [0, 0.05) is 17.3 Å². The van der Waals surface area contributed by atoms with Crippen molar-refractivity contribution in [3.63, 3.8) is 0 Å². The fourth-order valence-electron chi connectivity index (χ4n) is 1.64. The highest BCUT2D eigenvalue weighted by molar-refractivity contribution is 7.10. The van der Waals surface area contributed by atoms with Crippen LogP contribution in [0, 0.1) is 0 Å². The predicted octanol–water partition coefficient (Wildman–Crippen LogP) is 1.23. The summed E-state index contributed by atoms with van der Waals surface area (Å²) in [4.78, 5) is 1.29. The molecule has 1 aromatic rings. The molecule has 1 aromatic heterocycles. The fourth-order valence-corrected chi connectivity index (χ4v) is 2.73. The molecule has 0 bridgehead atoms. The van der Waals surface area contributed by atoms with E-state index in [-0.39, 0.29) is 6.10 Å². The first-order chi connectivity index (χ1) is 5.33. The second kappa shape index (κ2) is 2.59. The van der Waals surface area contributed by atoms with Crippen LogP contribution < -0.4 is 5.73 Å². The van der Waals surface area contributed by atoms with Crippen LogP contribution >= 0.6 is 11.3 Å². The molecule has 0 aliphatic heterocycles. The van der Waals surface area contributed by atoms with Gasteiger partial charge >= 0.3 is 0 Å². The first-order valence-corrected chi connectivity index (χ1v) is 4.66. The highest BCUT2D eigenvalue weighted by Gasteiger charge is 2.29. The molecule has 0 radical (unpaired) electrons. The topological polar surface area (TPSA) is 46.2 Å². The summed E-state index contributed by atoms with van der Waals surface area (Å²) < 4.78 is 0. The van der Waals surface area contributed by atoms with Crippen LogP contribution in [0.25, 0.3) is 0 Å². The van der Waals surface area contributed by atoms with Crippen molar-refractivity contribution < 1.29 is 5.11 Å². The number of hydrogen-bond donors (Lipinski definition) is 2. The van der Waals surface area contributed by atoms with E-state index in [9.17, 15) is 5.11 Å². The van der Waals surface area contributed by atoms with E-state index in [1.165, 1.54) is 4.88 Å². The van der Waals surface area contributed by atoms with Gasteiger partial charge in [-0.25, -0.2) is 0 Å². The molecule has 0 fully saturated rings. The zero-order valence-corrected chi connectivity index (χ0v) is 6.97. The molecule has 0 aromatic carbocycles. The molecule has 1 heterocycles. The average Bonchev–Trinajstić information content (AvgIpc) is 2.54. The van der Waals surface area contributed by atoms with E-state index >= 15 is 0 Å². The van der Waals surface area contributed by atoms with E-state index in [0.29, 0.717) is 12.5 Å². The molecule has 3 N–H and O–H groups in total. The molecule has 3 heteroatoms. The number of nitrogens with two attached hydrogens (primary N) is 1. The molecule has 0 saturated heterocycles. The average molecular weight is 169 g/mol. The predicted molar refractivity (Wildman–Crippen MR) is 45.7 cm³/mol. The summed E-state index contributed by atoms with van der Waals surface area (Å²) in [5, 5.41) is 11.5. The van der Waals surface area contributed by atoms with Crippen molar-refractivity contribution in [3.05, 3.63) is 21.9 Å². The van der Waals surface area contributed by atoms with Crippen LogP contribution in [0.3, 0.4) is 0 Å². The van der Waals surface area contributed by atoms with E-state index < -0.39 is 0 Å². The molecule has 2 atom stereocenters. The minimum atomic E-state index is -0.259.